The molecule has 0 aliphatic heterocycles. The third-order valence-electron chi connectivity index (χ3n) is 1.38. The van der Waals surface area contributed by atoms with Crippen LogP contribution in [0.1, 0.15) is 11.4 Å². The fourth-order valence-electron chi connectivity index (χ4n) is 0.775. The van der Waals surface area contributed by atoms with Crippen molar-refractivity contribution in [1.82, 2.24) is 9.97 Å². The molecule has 0 fully saturated rings. The van der Waals surface area contributed by atoms with Crippen LogP contribution in [0.2, 0.25) is 0 Å². The molecule has 0 radical (unpaired) electrons. The van der Waals surface area contributed by atoms with Gasteiger partial charge >= 0.3 is 5.97 Å². The molecule has 1 rings (SSSR count). The van der Waals surface area contributed by atoms with Crippen LogP contribution in [-0.2, 0) is 4.79 Å². The molecular weight excluding hydrogens is 170 g/mol. The number of hydrogen-bond donors (Lipinski definition) is 2. The fourth-order valence-corrected chi connectivity index (χ4v) is 0.775. The SMILES string of the molecule is Cc1cc(/C=C(\N)C(=O)O)ncn1. The van der Waals surface area contributed by atoms with Gasteiger partial charge in [0.25, 0.3) is 0 Å². The number of aromatic nitrogens is 2. The Labute approximate surface area is 74.9 Å². The van der Waals surface area contributed by atoms with Crippen molar-refractivity contribution in [2.75, 3.05) is 0 Å². The summed E-state index contributed by atoms with van der Waals surface area (Å²) in [6.45, 7) is 1.79. The van der Waals surface area contributed by atoms with Gasteiger partial charge in [0.2, 0.25) is 0 Å². The molecule has 0 aliphatic rings. The first-order chi connectivity index (χ1) is 6.09. The van der Waals surface area contributed by atoms with Crippen molar-refractivity contribution in [1.29, 1.82) is 0 Å². The zero-order valence-electron chi connectivity index (χ0n) is 7.06. The summed E-state index contributed by atoms with van der Waals surface area (Å²) in [7, 11) is 0. The van der Waals surface area contributed by atoms with Gasteiger partial charge in [0.1, 0.15) is 12.0 Å². The van der Waals surface area contributed by atoms with Gasteiger partial charge in [-0.2, -0.15) is 0 Å². The third kappa shape index (κ3) is 2.55. The van der Waals surface area contributed by atoms with E-state index in [9.17, 15) is 4.79 Å². The lowest BCUT2D eigenvalue weighted by molar-refractivity contribution is -0.132. The first-order valence-corrected chi connectivity index (χ1v) is 3.58. The number of aliphatic carboxylic acids is 1. The molecule has 1 aromatic heterocycles. The summed E-state index contributed by atoms with van der Waals surface area (Å²) in [5.41, 5.74) is 6.22. The molecule has 3 N–H and O–H groups in total. The van der Waals surface area contributed by atoms with Crippen LogP contribution < -0.4 is 5.73 Å². The van der Waals surface area contributed by atoms with Crippen molar-refractivity contribution in [3.63, 3.8) is 0 Å². The average Bonchev–Trinajstić information content (AvgIpc) is 2.04. The van der Waals surface area contributed by atoms with Gasteiger partial charge < -0.3 is 10.8 Å². The maximum Gasteiger partial charge on any atom is 0.351 e. The zero-order valence-corrected chi connectivity index (χ0v) is 7.06. The third-order valence-corrected chi connectivity index (χ3v) is 1.38. The molecule has 0 spiro atoms. The van der Waals surface area contributed by atoms with Crippen molar-refractivity contribution >= 4 is 12.0 Å². The quantitative estimate of drug-likeness (QED) is 0.631. The highest BCUT2D eigenvalue weighted by Gasteiger charge is 2.01. The van der Waals surface area contributed by atoms with Crippen molar-refractivity contribution in [2.45, 2.75) is 6.92 Å². The Morgan fingerprint density at radius 1 is 1.62 bits per heavy atom. The van der Waals surface area contributed by atoms with E-state index in [0.717, 1.165) is 5.69 Å². The lowest BCUT2D eigenvalue weighted by atomic mass is 10.3. The Morgan fingerprint density at radius 2 is 2.31 bits per heavy atom. The number of carboxylic acids is 1. The van der Waals surface area contributed by atoms with Gasteiger partial charge in [-0.15, -0.1) is 0 Å². The highest BCUT2D eigenvalue weighted by Crippen LogP contribution is 2.00. The molecule has 0 unspecified atom stereocenters. The Balaban J connectivity index is 2.97. The molecular formula is C8H9N3O2. The lowest BCUT2D eigenvalue weighted by Crippen LogP contribution is -2.09. The second-order valence-electron chi connectivity index (χ2n) is 2.49. The highest BCUT2D eigenvalue weighted by atomic mass is 16.4. The minimum Gasteiger partial charge on any atom is -0.477 e. The minimum atomic E-state index is -1.16. The number of nitrogens with two attached hydrogens (primary N) is 1. The minimum absolute atomic E-state index is 0.238. The predicted octanol–water partition coefficient (Wildman–Crippen LogP) is 0.169. The summed E-state index contributed by atoms with van der Waals surface area (Å²) < 4.78 is 0. The number of hydrogen-bond acceptors (Lipinski definition) is 4. The van der Waals surface area contributed by atoms with Crippen LogP contribution in [0.3, 0.4) is 0 Å². The Morgan fingerprint density at radius 3 is 2.85 bits per heavy atom. The second kappa shape index (κ2) is 3.66. The lowest BCUT2D eigenvalue weighted by Gasteiger charge is -1.95. The fraction of sp³-hybridized carbons (Fsp3) is 0.125. The van der Waals surface area contributed by atoms with E-state index in [-0.39, 0.29) is 5.70 Å². The van der Waals surface area contributed by atoms with E-state index >= 15 is 0 Å². The number of rotatable bonds is 2. The number of nitrogens with zero attached hydrogens (tertiary/aromatic N) is 2. The van der Waals surface area contributed by atoms with Crippen molar-refractivity contribution in [2.24, 2.45) is 5.73 Å². The molecule has 1 heterocycles. The maximum absolute atomic E-state index is 10.4. The molecule has 0 saturated heterocycles. The Kier molecular flexibility index (Phi) is 2.59. The predicted molar refractivity (Wildman–Crippen MR) is 46.6 cm³/mol. The van der Waals surface area contributed by atoms with E-state index < -0.39 is 5.97 Å². The maximum atomic E-state index is 10.4. The van der Waals surface area contributed by atoms with E-state index in [1.165, 1.54) is 12.4 Å². The zero-order chi connectivity index (χ0) is 9.84. The molecule has 5 heteroatoms. The van der Waals surface area contributed by atoms with Gasteiger partial charge in [-0.05, 0) is 19.1 Å². The van der Waals surface area contributed by atoms with Gasteiger partial charge in [0, 0.05) is 5.69 Å². The van der Waals surface area contributed by atoms with Crippen LogP contribution in [0, 0.1) is 6.92 Å². The summed E-state index contributed by atoms with van der Waals surface area (Å²) in [6, 6.07) is 1.65. The smallest absolute Gasteiger partial charge is 0.351 e. The van der Waals surface area contributed by atoms with E-state index in [1.807, 2.05) is 0 Å². The Bertz CT molecular complexity index is 360. The van der Waals surface area contributed by atoms with Gasteiger partial charge in [-0.3, -0.25) is 0 Å². The average molecular weight is 179 g/mol. The molecule has 0 saturated carbocycles. The molecule has 0 aromatic carbocycles. The summed E-state index contributed by atoms with van der Waals surface area (Å²) in [5, 5.41) is 8.48. The summed E-state index contributed by atoms with van der Waals surface area (Å²) in [5.74, 6) is -1.16. The molecule has 0 atom stereocenters. The molecule has 0 aliphatic carbocycles. The molecule has 1 aromatic rings. The second-order valence-corrected chi connectivity index (χ2v) is 2.49. The van der Waals surface area contributed by atoms with Gasteiger partial charge in [-0.1, -0.05) is 0 Å². The highest BCUT2D eigenvalue weighted by molar-refractivity contribution is 5.90. The standard InChI is InChI=1S/C8H9N3O2/c1-5-2-6(11-4-10-5)3-7(9)8(12)13/h2-4H,9H2,1H3,(H,12,13)/b7-3-. The van der Waals surface area contributed by atoms with E-state index in [1.54, 1.807) is 13.0 Å². The monoisotopic (exact) mass is 179 g/mol. The van der Waals surface area contributed by atoms with Crippen molar-refractivity contribution in [3.8, 4) is 0 Å². The van der Waals surface area contributed by atoms with Gasteiger partial charge in [-0.25, -0.2) is 14.8 Å². The summed E-state index contributed by atoms with van der Waals surface area (Å²) in [6.07, 6.45) is 2.65. The molecule has 68 valence electrons. The number of carbonyl (C=O) groups is 1. The van der Waals surface area contributed by atoms with Crippen LogP contribution in [-0.4, -0.2) is 21.0 Å². The number of carboxylic acid groups (broad SMARTS) is 1. The topological polar surface area (TPSA) is 89.1 Å². The number of aryl methyl sites for hydroxylation is 1. The van der Waals surface area contributed by atoms with Gasteiger partial charge in [0.15, 0.2) is 0 Å². The van der Waals surface area contributed by atoms with Crippen LogP contribution in [0.5, 0.6) is 0 Å². The van der Waals surface area contributed by atoms with Crippen molar-refractivity contribution in [3.05, 3.63) is 29.5 Å². The Hall–Kier alpha value is -1.91. The van der Waals surface area contributed by atoms with Crippen LogP contribution >= 0.6 is 0 Å². The van der Waals surface area contributed by atoms with Crippen molar-refractivity contribution < 1.29 is 9.90 Å². The first-order valence-electron chi connectivity index (χ1n) is 3.58. The van der Waals surface area contributed by atoms with Crippen LogP contribution in [0.25, 0.3) is 6.08 Å². The summed E-state index contributed by atoms with van der Waals surface area (Å²) in [4.78, 5) is 18.0. The normalized spacial score (nSPS) is 11.3. The molecule has 0 amide bonds. The van der Waals surface area contributed by atoms with Crippen LogP contribution in [0.4, 0.5) is 0 Å². The van der Waals surface area contributed by atoms with E-state index in [4.69, 9.17) is 10.8 Å². The largest absolute Gasteiger partial charge is 0.477 e. The molecule has 13 heavy (non-hydrogen) atoms. The molecule has 5 nitrogen and oxygen atoms in total. The molecule has 0 bridgehead atoms. The first kappa shape index (κ1) is 9.18. The van der Waals surface area contributed by atoms with E-state index in [0.29, 0.717) is 5.69 Å². The van der Waals surface area contributed by atoms with Crippen LogP contribution in [0.15, 0.2) is 18.1 Å². The van der Waals surface area contributed by atoms with Gasteiger partial charge in [0.05, 0.1) is 5.69 Å². The summed E-state index contributed by atoms with van der Waals surface area (Å²) >= 11 is 0. The van der Waals surface area contributed by atoms with E-state index in [2.05, 4.69) is 9.97 Å².